The smallest absolute Gasteiger partial charge is 0.167 e. The second-order valence-electron chi connectivity index (χ2n) is 6.60. The number of hydrogen-bond donors (Lipinski definition) is 0. The normalized spacial score (nSPS) is 16.4. The van der Waals surface area contributed by atoms with Gasteiger partial charge in [0.2, 0.25) is 0 Å². The van der Waals surface area contributed by atoms with Gasteiger partial charge in [0.25, 0.3) is 0 Å². The van der Waals surface area contributed by atoms with Gasteiger partial charge in [-0.05, 0) is 61.2 Å². The number of ketones is 1. The van der Waals surface area contributed by atoms with Gasteiger partial charge in [0.05, 0.1) is 29.7 Å². The molecule has 4 rings (SSSR count). The molecule has 1 aromatic heterocycles. The SMILES string of the molecule is COc1ccc(-n2nc(C)c3c2C[C@@H](c2cccc(Cl)c2)CC3=O)cc1. The number of aromatic nitrogens is 2. The van der Waals surface area contributed by atoms with Crippen molar-refractivity contribution in [2.24, 2.45) is 0 Å². The molecule has 4 nitrogen and oxygen atoms in total. The van der Waals surface area contributed by atoms with Crippen molar-refractivity contribution < 1.29 is 9.53 Å². The third kappa shape index (κ3) is 2.90. The highest BCUT2D eigenvalue weighted by atomic mass is 35.5. The molecule has 1 aliphatic rings. The highest BCUT2D eigenvalue weighted by molar-refractivity contribution is 6.30. The molecule has 2 aromatic carbocycles. The molecule has 3 aromatic rings. The Morgan fingerprint density at radius 2 is 1.92 bits per heavy atom. The molecule has 0 N–H and O–H groups in total. The van der Waals surface area contributed by atoms with Gasteiger partial charge in [-0.3, -0.25) is 4.79 Å². The van der Waals surface area contributed by atoms with E-state index in [-0.39, 0.29) is 11.7 Å². The second kappa shape index (κ2) is 6.61. The number of Topliss-reactive ketones (excluding diaryl/α,β-unsaturated/α-hetero) is 1. The largest absolute Gasteiger partial charge is 0.497 e. The van der Waals surface area contributed by atoms with Crippen molar-refractivity contribution in [3.8, 4) is 11.4 Å². The number of carbonyl (C=O) groups excluding carboxylic acids is 1. The summed E-state index contributed by atoms with van der Waals surface area (Å²) >= 11 is 6.15. The van der Waals surface area contributed by atoms with Crippen LogP contribution < -0.4 is 4.74 Å². The van der Waals surface area contributed by atoms with E-state index in [1.807, 2.05) is 60.1 Å². The number of ether oxygens (including phenoxy) is 1. The van der Waals surface area contributed by atoms with Gasteiger partial charge in [0.1, 0.15) is 5.75 Å². The number of rotatable bonds is 3. The van der Waals surface area contributed by atoms with Gasteiger partial charge in [-0.15, -0.1) is 0 Å². The maximum Gasteiger partial charge on any atom is 0.167 e. The van der Waals surface area contributed by atoms with E-state index in [0.29, 0.717) is 11.4 Å². The van der Waals surface area contributed by atoms with Crippen molar-refractivity contribution in [3.63, 3.8) is 0 Å². The van der Waals surface area contributed by atoms with E-state index in [9.17, 15) is 4.79 Å². The molecule has 132 valence electrons. The van der Waals surface area contributed by atoms with Crippen molar-refractivity contribution in [1.82, 2.24) is 9.78 Å². The van der Waals surface area contributed by atoms with Crippen LogP contribution >= 0.6 is 11.6 Å². The number of methoxy groups -OCH3 is 1. The topological polar surface area (TPSA) is 44.1 Å². The zero-order chi connectivity index (χ0) is 18.3. The summed E-state index contributed by atoms with van der Waals surface area (Å²) in [6.07, 6.45) is 1.25. The molecule has 0 bridgehead atoms. The molecule has 5 heteroatoms. The lowest BCUT2D eigenvalue weighted by molar-refractivity contribution is 0.0963. The number of aryl methyl sites for hydroxylation is 1. The van der Waals surface area contributed by atoms with E-state index in [0.717, 1.165) is 40.4 Å². The van der Waals surface area contributed by atoms with E-state index in [2.05, 4.69) is 5.10 Å². The first kappa shape index (κ1) is 16.9. The van der Waals surface area contributed by atoms with E-state index >= 15 is 0 Å². The molecule has 0 saturated carbocycles. The maximum atomic E-state index is 12.8. The highest BCUT2D eigenvalue weighted by Gasteiger charge is 2.32. The molecule has 0 unspecified atom stereocenters. The first-order valence-corrected chi connectivity index (χ1v) is 8.96. The van der Waals surface area contributed by atoms with Crippen LogP contribution in [0.1, 0.15) is 39.6 Å². The average Bonchev–Trinajstić information content (AvgIpc) is 2.99. The van der Waals surface area contributed by atoms with Crippen LogP contribution in [0, 0.1) is 6.92 Å². The second-order valence-corrected chi connectivity index (χ2v) is 7.04. The summed E-state index contributed by atoms with van der Waals surface area (Å²) in [5.74, 6) is 1.05. The molecule has 0 fully saturated rings. The van der Waals surface area contributed by atoms with Crippen molar-refractivity contribution in [2.45, 2.75) is 25.7 Å². The molecular formula is C21H19ClN2O2. The Morgan fingerprint density at radius 1 is 1.15 bits per heavy atom. The predicted molar refractivity (Wildman–Crippen MR) is 102 cm³/mol. The number of carbonyl (C=O) groups is 1. The van der Waals surface area contributed by atoms with Gasteiger partial charge in [0, 0.05) is 11.4 Å². The number of halogens is 1. The summed E-state index contributed by atoms with van der Waals surface area (Å²) in [7, 11) is 1.64. The zero-order valence-corrected chi connectivity index (χ0v) is 15.5. The van der Waals surface area contributed by atoms with Gasteiger partial charge in [-0.1, -0.05) is 23.7 Å². The van der Waals surface area contributed by atoms with Crippen LogP contribution in [-0.4, -0.2) is 22.7 Å². The third-order valence-electron chi connectivity index (χ3n) is 4.94. The monoisotopic (exact) mass is 366 g/mol. The standard InChI is InChI=1S/C21H19ClN2O2/c1-13-21-19(24(23-13)17-6-8-18(26-2)9-7-17)11-15(12-20(21)25)14-4-3-5-16(22)10-14/h3-10,15H,11-12H2,1-2H3/t15-/m1/s1. The van der Waals surface area contributed by atoms with Crippen LogP contribution in [0.4, 0.5) is 0 Å². The molecule has 0 spiro atoms. The Balaban J connectivity index is 1.77. The van der Waals surface area contributed by atoms with Crippen molar-refractivity contribution in [3.05, 3.63) is 76.1 Å². The van der Waals surface area contributed by atoms with Gasteiger partial charge >= 0.3 is 0 Å². The van der Waals surface area contributed by atoms with Crippen LogP contribution in [-0.2, 0) is 6.42 Å². The summed E-state index contributed by atoms with van der Waals surface area (Å²) in [6.45, 7) is 1.90. The zero-order valence-electron chi connectivity index (χ0n) is 14.7. The quantitative estimate of drug-likeness (QED) is 0.671. The van der Waals surface area contributed by atoms with Crippen LogP contribution in [0.15, 0.2) is 48.5 Å². The summed E-state index contributed by atoms with van der Waals surface area (Å²) in [4.78, 5) is 12.8. The fourth-order valence-electron chi connectivity index (χ4n) is 3.69. The Hall–Kier alpha value is -2.59. The molecule has 1 aliphatic carbocycles. The minimum absolute atomic E-state index is 0.113. The molecule has 0 radical (unpaired) electrons. The van der Waals surface area contributed by atoms with Gasteiger partial charge in [0.15, 0.2) is 5.78 Å². The van der Waals surface area contributed by atoms with Crippen LogP contribution in [0.5, 0.6) is 5.75 Å². The van der Waals surface area contributed by atoms with Gasteiger partial charge in [-0.2, -0.15) is 5.10 Å². The van der Waals surface area contributed by atoms with E-state index in [1.54, 1.807) is 7.11 Å². The lowest BCUT2D eigenvalue weighted by Crippen LogP contribution is -2.20. The fourth-order valence-corrected chi connectivity index (χ4v) is 3.89. The molecular weight excluding hydrogens is 348 g/mol. The van der Waals surface area contributed by atoms with Crippen molar-refractivity contribution in [2.75, 3.05) is 7.11 Å². The fraction of sp³-hybridized carbons (Fsp3) is 0.238. The van der Waals surface area contributed by atoms with Crippen LogP contribution in [0.2, 0.25) is 5.02 Å². The lowest BCUT2D eigenvalue weighted by atomic mass is 9.81. The van der Waals surface area contributed by atoms with Crippen molar-refractivity contribution in [1.29, 1.82) is 0 Å². The van der Waals surface area contributed by atoms with E-state index in [1.165, 1.54) is 0 Å². The number of hydrogen-bond acceptors (Lipinski definition) is 3. The maximum absolute atomic E-state index is 12.8. The summed E-state index contributed by atoms with van der Waals surface area (Å²) in [5.41, 5.74) is 4.53. The summed E-state index contributed by atoms with van der Waals surface area (Å²) in [6, 6.07) is 15.5. The first-order valence-electron chi connectivity index (χ1n) is 8.58. The minimum Gasteiger partial charge on any atom is -0.497 e. The summed E-state index contributed by atoms with van der Waals surface area (Å²) < 4.78 is 7.12. The van der Waals surface area contributed by atoms with Crippen molar-refractivity contribution >= 4 is 17.4 Å². The number of nitrogens with zero attached hydrogens (tertiary/aromatic N) is 2. The first-order chi connectivity index (χ1) is 12.6. The molecule has 1 heterocycles. The number of benzene rings is 2. The molecule has 26 heavy (non-hydrogen) atoms. The summed E-state index contributed by atoms with van der Waals surface area (Å²) in [5, 5.41) is 5.34. The molecule has 1 atom stereocenters. The van der Waals surface area contributed by atoms with Gasteiger partial charge in [-0.25, -0.2) is 4.68 Å². The minimum atomic E-state index is 0.113. The van der Waals surface area contributed by atoms with Crippen LogP contribution in [0.25, 0.3) is 5.69 Å². The number of fused-ring (bicyclic) bond motifs is 1. The molecule has 0 aliphatic heterocycles. The Kier molecular flexibility index (Phi) is 4.29. The Labute approximate surface area is 157 Å². The lowest BCUT2D eigenvalue weighted by Gasteiger charge is -2.23. The van der Waals surface area contributed by atoms with Gasteiger partial charge < -0.3 is 4.74 Å². The average molecular weight is 367 g/mol. The predicted octanol–water partition coefficient (Wildman–Crippen LogP) is 4.76. The Morgan fingerprint density at radius 3 is 2.62 bits per heavy atom. The highest BCUT2D eigenvalue weighted by Crippen LogP contribution is 2.36. The van der Waals surface area contributed by atoms with Crippen LogP contribution in [0.3, 0.4) is 0 Å². The Bertz CT molecular complexity index is 976. The molecule has 0 saturated heterocycles. The molecule has 0 amide bonds. The van der Waals surface area contributed by atoms with E-state index < -0.39 is 0 Å². The van der Waals surface area contributed by atoms with E-state index in [4.69, 9.17) is 16.3 Å². The third-order valence-corrected chi connectivity index (χ3v) is 5.18.